The van der Waals surface area contributed by atoms with Crippen LogP contribution in [0.3, 0.4) is 0 Å². The van der Waals surface area contributed by atoms with Crippen LogP contribution in [0.5, 0.6) is 0 Å². The van der Waals surface area contributed by atoms with Crippen LogP contribution in [-0.4, -0.2) is 24.1 Å². The van der Waals surface area contributed by atoms with Crippen molar-refractivity contribution in [1.82, 2.24) is 9.78 Å². The molecule has 0 spiro atoms. The minimum atomic E-state index is -3.96. The van der Waals surface area contributed by atoms with E-state index in [1.807, 2.05) is 0 Å². The molecule has 1 unspecified atom stereocenters. The Hall–Kier alpha value is -3.37. The number of carbonyl (C=O) groups excluding carboxylic acids is 1. The first-order valence-electron chi connectivity index (χ1n) is 10.9. The van der Waals surface area contributed by atoms with Gasteiger partial charge < -0.3 is 5.32 Å². The number of hydrogen-bond donors (Lipinski definition) is 2. The molecule has 3 N–H and O–H groups in total. The van der Waals surface area contributed by atoms with Crippen molar-refractivity contribution in [3.63, 3.8) is 0 Å². The largest absolute Gasteiger partial charge is 0.324 e. The van der Waals surface area contributed by atoms with E-state index in [0.29, 0.717) is 35.2 Å². The maximum absolute atomic E-state index is 13.5. The van der Waals surface area contributed by atoms with Crippen LogP contribution >= 0.6 is 0 Å². The highest BCUT2D eigenvalue weighted by Crippen LogP contribution is 2.31. The van der Waals surface area contributed by atoms with Crippen LogP contribution in [0.15, 0.2) is 52.2 Å². The Balaban J connectivity index is 1.82. The van der Waals surface area contributed by atoms with Crippen molar-refractivity contribution in [2.24, 2.45) is 5.14 Å². The quantitative estimate of drug-likeness (QED) is 0.576. The Bertz CT molecular complexity index is 1450. The molecule has 0 saturated carbocycles. The van der Waals surface area contributed by atoms with E-state index < -0.39 is 27.8 Å². The maximum Gasteiger partial charge on any atom is 0.271 e. The summed E-state index contributed by atoms with van der Waals surface area (Å²) in [6.07, 6.45) is 2.85. The van der Waals surface area contributed by atoms with Gasteiger partial charge in [-0.1, -0.05) is 18.2 Å². The van der Waals surface area contributed by atoms with Gasteiger partial charge in [0.25, 0.3) is 5.56 Å². The van der Waals surface area contributed by atoms with Gasteiger partial charge >= 0.3 is 0 Å². The molecular formula is C24H25FN4O4S. The number of fused-ring (bicyclic) bond motifs is 1. The molecule has 178 valence electrons. The monoisotopic (exact) mass is 484 g/mol. The van der Waals surface area contributed by atoms with Crippen LogP contribution in [0, 0.1) is 12.7 Å². The number of nitrogens with two attached hydrogens (primary N) is 1. The van der Waals surface area contributed by atoms with Crippen LogP contribution in [-0.2, 0) is 27.7 Å². The van der Waals surface area contributed by atoms with E-state index in [9.17, 15) is 22.4 Å². The van der Waals surface area contributed by atoms with Gasteiger partial charge in [-0.2, -0.15) is 5.10 Å². The molecule has 0 radical (unpaired) electrons. The fourth-order valence-corrected chi connectivity index (χ4v) is 5.03. The predicted molar refractivity (Wildman–Crippen MR) is 126 cm³/mol. The molecule has 2 aromatic carbocycles. The van der Waals surface area contributed by atoms with Crippen molar-refractivity contribution in [3.8, 4) is 11.3 Å². The summed E-state index contributed by atoms with van der Waals surface area (Å²) in [7, 11) is -3.96. The van der Waals surface area contributed by atoms with Crippen LogP contribution in [0.25, 0.3) is 11.3 Å². The van der Waals surface area contributed by atoms with Gasteiger partial charge in [0.1, 0.15) is 11.9 Å². The van der Waals surface area contributed by atoms with E-state index in [1.54, 1.807) is 25.1 Å². The number of hydrogen-bond acceptors (Lipinski definition) is 5. The van der Waals surface area contributed by atoms with Crippen LogP contribution < -0.4 is 16.0 Å². The van der Waals surface area contributed by atoms with E-state index in [2.05, 4.69) is 10.4 Å². The summed E-state index contributed by atoms with van der Waals surface area (Å²) >= 11 is 0. The molecular weight excluding hydrogens is 459 g/mol. The molecule has 34 heavy (non-hydrogen) atoms. The zero-order chi connectivity index (χ0) is 24.6. The first kappa shape index (κ1) is 23.8. The Morgan fingerprint density at radius 1 is 1.15 bits per heavy atom. The van der Waals surface area contributed by atoms with Crippen molar-refractivity contribution in [3.05, 3.63) is 75.3 Å². The topological polar surface area (TPSA) is 124 Å². The molecule has 3 aromatic rings. The number of anilines is 1. The highest BCUT2D eigenvalue weighted by Gasteiger charge is 2.26. The van der Waals surface area contributed by atoms with Gasteiger partial charge in [0, 0.05) is 16.8 Å². The molecule has 1 aliphatic rings. The number of rotatable bonds is 5. The fourth-order valence-electron chi connectivity index (χ4n) is 4.23. The summed E-state index contributed by atoms with van der Waals surface area (Å²) in [5.41, 5.74) is 2.67. The fraction of sp³-hybridized carbons (Fsp3) is 0.292. The molecule has 1 heterocycles. The lowest BCUT2D eigenvalue weighted by molar-refractivity contribution is -0.119. The third kappa shape index (κ3) is 4.64. The summed E-state index contributed by atoms with van der Waals surface area (Å²) in [5.74, 6) is -1.03. The zero-order valence-electron chi connectivity index (χ0n) is 18.8. The standard InChI is InChI=1S/C24H25FN4O4S/c1-14-10-11-16(12-21(14)34(26,32)33)22-19-8-3-4-9-20(19)24(31)29(28-22)15(2)23(30)27-18-7-5-6-17(25)13-18/h5-7,10-13,15H,3-4,8-9H2,1-2H3,(H,27,30)(H2,26,32,33). The van der Waals surface area contributed by atoms with Gasteiger partial charge in [0.15, 0.2) is 0 Å². The predicted octanol–water partition coefficient (Wildman–Crippen LogP) is 3.08. The van der Waals surface area contributed by atoms with Crippen molar-refractivity contribution in [1.29, 1.82) is 0 Å². The first-order chi connectivity index (χ1) is 16.1. The first-order valence-corrected chi connectivity index (χ1v) is 12.5. The van der Waals surface area contributed by atoms with E-state index in [-0.39, 0.29) is 16.1 Å². The second kappa shape index (κ2) is 9.11. The minimum absolute atomic E-state index is 0.0222. The summed E-state index contributed by atoms with van der Waals surface area (Å²) in [4.78, 5) is 26.1. The number of sulfonamides is 1. The second-order valence-corrected chi connectivity index (χ2v) is 9.99. The van der Waals surface area contributed by atoms with Crippen molar-refractivity contribution in [2.45, 2.75) is 50.5 Å². The van der Waals surface area contributed by atoms with E-state index in [0.717, 1.165) is 23.1 Å². The van der Waals surface area contributed by atoms with Crippen LogP contribution in [0.1, 0.15) is 42.5 Å². The molecule has 1 atom stereocenters. The molecule has 0 saturated heterocycles. The number of nitrogens with zero attached hydrogens (tertiary/aromatic N) is 2. The van der Waals surface area contributed by atoms with E-state index in [1.165, 1.54) is 31.2 Å². The van der Waals surface area contributed by atoms with E-state index in [4.69, 9.17) is 5.14 Å². The number of amides is 1. The van der Waals surface area contributed by atoms with Gasteiger partial charge in [-0.05, 0) is 74.9 Å². The Kier molecular flexibility index (Phi) is 6.37. The third-order valence-corrected chi connectivity index (χ3v) is 7.09. The SMILES string of the molecule is Cc1ccc(-c2nn(C(C)C(=O)Nc3cccc(F)c3)c(=O)c3c2CCCC3)cc1S(N)(=O)=O. The van der Waals surface area contributed by atoms with Crippen LogP contribution in [0.2, 0.25) is 0 Å². The Morgan fingerprint density at radius 3 is 2.53 bits per heavy atom. The lowest BCUT2D eigenvalue weighted by Gasteiger charge is -2.23. The Labute approximate surface area is 196 Å². The number of halogens is 1. The smallest absolute Gasteiger partial charge is 0.271 e. The molecule has 1 aliphatic carbocycles. The maximum atomic E-state index is 13.5. The normalized spacial score (nSPS) is 14.4. The summed E-state index contributed by atoms with van der Waals surface area (Å²) in [6.45, 7) is 3.18. The minimum Gasteiger partial charge on any atom is -0.324 e. The van der Waals surface area contributed by atoms with Gasteiger partial charge in [-0.15, -0.1) is 0 Å². The summed E-state index contributed by atoms with van der Waals surface area (Å²) in [5, 5.41) is 12.5. The van der Waals surface area contributed by atoms with Gasteiger partial charge in [-0.25, -0.2) is 22.6 Å². The molecule has 0 fully saturated rings. The van der Waals surface area contributed by atoms with Gasteiger partial charge in [0.05, 0.1) is 10.6 Å². The third-order valence-electron chi connectivity index (χ3n) is 6.03. The molecule has 1 aromatic heterocycles. The van der Waals surface area contributed by atoms with Gasteiger partial charge in [-0.3, -0.25) is 9.59 Å². The van der Waals surface area contributed by atoms with E-state index >= 15 is 0 Å². The summed E-state index contributed by atoms with van der Waals surface area (Å²) < 4.78 is 38.8. The molecule has 0 aliphatic heterocycles. The highest BCUT2D eigenvalue weighted by molar-refractivity contribution is 7.89. The Morgan fingerprint density at radius 2 is 1.85 bits per heavy atom. The number of nitrogens with one attached hydrogen (secondary N) is 1. The lowest BCUT2D eigenvalue weighted by Crippen LogP contribution is -2.37. The number of aryl methyl sites for hydroxylation is 1. The summed E-state index contributed by atoms with van der Waals surface area (Å²) in [6, 6.07) is 9.28. The molecule has 8 nitrogen and oxygen atoms in total. The van der Waals surface area contributed by atoms with Crippen molar-refractivity contribution < 1.29 is 17.6 Å². The van der Waals surface area contributed by atoms with Crippen LogP contribution in [0.4, 0.5) is 10.1 Å². The molecule has 0 bridgehead atoms. The highest BCUT2D eigenvalue weighted by atomic mass is 32.2. The number of primary sulfonamides is 1. The second-order valence-electron chi connectivity index (χ2n) is 8.46. The molecule has 1 amide bonds. The number of benzene rings is 2. The number of aromatic nitrogens is 2. The zero-order valence-corrected chi connectivity index (χ0v) is 19.7. The van der Waals surface area contributed by atoms with Crippen molar-refractivity contribution >= 4 is 21.6 Å². The average molecular weight is 485 g/mol. The number of carbonyl (C=O) groups is 1. The lowest BCUT2D eigenvalue weighted by atomic mass is 9.89. The molecule has 4 rings (SSSR count). The average Bonchev–Trinajstić information content (AvgIpc) is 2.79. The van der Waals surface area contributed by atoms with Gasteiger partial charge in [0.2, 0.25) is 15.9 Å². The van der Waals surface area contributed by atoms with Crippen molar-refractivity contribution in [2.75, 3.05) is 5.32 Å². The molecule has 10 heteroatoms.